The average molecular weight is 337 g/mol. The minimum atomic E-state index is -0.687. The number of rotatable bonds is 5. The van der Waals surface area contributed by atoms with Crippen LogP contribution in [0.3, 0.4) is 0 Å². The predicted octanol–water partition coefficient (Wildman–Crippen LogP) is 3.68. The summed E-state index contributed by atoms with van der Waals surface area (Å²) in [5.74, 6) is -0.00510. The largest absolute Gasteiger partial charge is 0.390 e. The highest BCUT2D eigenvalue weighted by molar-refractivity contribution is 5.94. The van der Waals surface area contributed by atoms with Gasteiger partial charge in [0.25, 0.3) is 5.91 Å². The maximum absolute atomic E-state index is 12.6. The van der Waals surface area contributed by atoms with Crippen LogP contribution in [-0.2, 0) is 19.3 Å². The van der Waals surface area contributed by atoms with E-state index < -0.39 is 5.60 Å². The monoisotopic (exact) mass is 337 g/mol. The highest BCUT2D eigenvalue weighted by Crippen LogP contribution is 2.21. The molecule has 3 heteroatoms. The molecule has 132 valence electrons. The van der Waals surface area contributed by atoms with Gasteiger partial charge in [0.1, 0.15) is 0 Å². The predicted molar refractivity (Wildman–Crippen MR) is 101 cm³/mol. The Morgan fingerprint density at radius 3 is 2.68 bits per heavy atom. The summed E-state index contributed by atoms with van der Waals surface area (Å²) in [5, 5.41) is 13.1. The summed E-state index contributed by atoms with van der Waals surface area (Å²) in [5.41, 5.74) is 3.85. The van der Waals surface area contributed by atoms with Gasteiger partial charge in [0.2, 0.25) is 0 Å². The molecular weight excluding hydrogens is 310 g/mol. The molecule has 1 aliphatic carbocycles. The van der Waals surface area contributed by atoms with Crippen molar-refractivity contribution in [2.24, 2.45) is 0 Å². The summed E-state index contributed by atoms with van der Waals surface area (Å²) in [7, 11) is 0. The molecule has 0 saturated carbocycles. The third kappa shape index (κ3) is 4.93. The maximum atomic E-state index is 12.6. The van der Waals surface area contributed by atoms with E-state index in [1.54, 1.807) is 0 Å². The van der Waals surface area contributed by atoms with Gasteiger partial charge in [0, 0.05) is 11.6 Å². The molecule has 0 radical (unpaired) electrons. The van der Waals surface area contributed by atoms with E-state index in [1.807, 2.05) is 38.1 Å². The van der Waals surface area contributed by atoms with E-state index in [2.05, 4.69) is 29.6 Å². The van der Waals surface area contributed by atoms with Gasteiger partial charge < -0.3 is 10.4 Å². The summed E-state index contributed by atoms with van der Waals surface area (Å²) in [6, 6.07) is 16.4. The summed E-state index contributed by atoms with van der Waals surface area (Å²) in [4.78, 5) is 12.6. The molecule has 0 spiro atoms. The normalized spacial score (nSPS) is 17.0. The molecule has 0 fully saturated rings. The smallest absolute Gasteiger partial charge is 0.251 e. The molecule has 0 aromatic heterocycles. The highest BCUT2D eigenvalue weighted by Gasteiger charge is 2.20. The molecule has 1 aliphatic rings. The van der Waals surface area contributed by atoms with Crippen LogP contribution in [0.4, 0.5) is 0 Å². The molecule has 25 heavy (non-hydrogen) atoms. The molecule has 2 aromatic carbocycles. The van der Waals surface area contributed by atoms with Gasteiger partial charge in [-0.1, -0.05) is 36.4 Å². The van der Waals surface area contributed by atoms with E-state index in [1.165, 1.54) is 11.1 Å². The van der Waals surface area contributed by atoms with Crippen molar-refractivity contribution in [3.63, 3.8) is 0 Å². The summed E-state index contributed by atoms with van der Waals surface area (Å²) in [6.45, 7) is 3.62. The van der Waals surface area contributed by atoms with Crippen molar-refractivity contribution in [1.82, 2.24) is 5.32 Å². The van der Waals surface area contributed by atoms with E-state index in [-0.39, 0.29) is 11.9 Å². The molecule has 0 aliphatic heterocycles. The number of carbonyl (C=O) groups excluding carboxylic acids is 1. The molecule has 0 heterocycles. The zero-order valence-corrected chi connectivity index (χ0v) is 15.1. The first kappa shape index (κ1) is 17.7. The summed E-state index contributed by atoms with van der Waals surface area (Å²) >= 11 is 0. The van der Waals surface area contributed by atoms with Crippen molar-refractivity contribution in [3.8, 4) is 0 Å². The Hall–Kier alpha value is -2.13. The summed E-state index contributed by atoms with van der Waals surface area (Å²) < 4.78 is 0. The lowest BCUT2D eigenvalue weighted by molar-refractivity contribution is 0.0714. The number of fused-ring (bicyclic) bond motifs is 1. The topological polar surface area (TPSA) is 49.3 Å². The Kier molecular flexibility index (Phi) is 5.24. The fourth-order valence-corrected chi connectivity index (χ4v) is 3.41. The lowest BCUT2D eigenvalue weighted by atomic mass is 9.88. The number of nitrogens with one attached hydrogen (secondary N) is 1. The van der Waals surface area contributed by atoms with Crippen molar-refractivity contribution < 1.29 is 9.90 Å². The van der Waals surface area contributed by atoms with Crippen LogP contribution in [0, 0.1) is 0 Å². The third-order valence-corrected chi connectivity index (χ3v) is 4.90. The van der Waals surface area contributed by atoms with Gasteiger partial charge in [-0.05, 0) is 74.8 Å². The molecule has 1 unspecified atom stereocenters. The second kappa shape index (κ2) is 7.40. The second-order valence-corrected chi connectivity index (χ2v) is 7.69. The number of aryl methyl sites for hydroxylation is 2. The highest BCUT2D eigenvalue weighted by atomic mass is 16.3. The van der Waals surface area contributed by atoms with Crippen LogP contribution in [0.15, 0.2) is 48.5 Å². The molecule has 0 saturated heterocycles. The van der Waals surface area contributed by atoms with Crippen molar-refractivity contribution in [2.75, 3.05) is 0 Å². The van der Waals surface area contributed by atoms with E-state index in [4.69, 9.17) is 0 Å². The fourth-order valence-electron chi connectivity index (χ4n) is 3.41. The van der Waals surface area contributed by atoms with Crippen LogP contribution in [-0.4, -0.2) is 22.7 Å². The van der Waals surface area contributed by atoms with Crippen LogP contribution in [0.1, 0.15) is 53.7 Å². The minimum absolute atomic E-state index is 0.00510. The Labute approximate surface area is 150 Å². The third-order valence-electron chi connectivity index (χ3n) is 4.90. The molecule has 1 amide bonds. The standard InChI is InChI=1S/C22H27NO2/c1-22(2,25)13-12-16-6-5-9-19(14-16)21(24)23-20-11-10-17-7-3-4-8-18(17)15-20/h3-9,14,20,25H,10-13,15H2,1-2H3,(H,23,24). The van der Waals surface area contributed by atoms with Gasteiger partial charge in [0.15, 0.2) is 0 Å². The maximum Gasteiger partial charge on any atom is 0.251 e. The number of hydrogen-bond acceptors (Lipinski definition) is 2. The number of hydrogen-bond donors (Lipinski definition) is 2. The quantitative estimate of drug-likeness (QED) is 0.874. The van der Waals surface area contributed by atoms with Crippen LogP contribution in [0.25, 0.3) is 0 Å². The molecule has 2 aromatic rings. The Morgan fingerprint density at radius 1 is 1.16 bits per heavy atom. The van der Waals surface area contributed by atoms with Crippen molar-refractivity contribution in [1.29, 1.82) is 0 Å². The molecule has 0 bridgehead atoms. The first-order valence-electron chi connectivity index (χ1n) is 9.10. The zero-order chi connectivity index (χ0) is 17.9. The molecule has 3 rings (SSSR count). The van der Waals surface area contributed by atoms with Crippen LogP contribution >= 0.6 is 0 Å². The van der Waals surface area contributed by atoms with Gasteiger partial charge in [-0.15, -0.1) is 0 Å². The first-order chi connectivity index (χ1) is 11.9. The number of aliphatic hydroxyl groups is 1. The lowest BCUT2D eigenvalue weighted by Gasteiger charge is -2.25. The SMILES string of the molecule is CC(C)(O)CCc1cccc(C(=O)NC2CCc3ccccc3C2)c1. The Balaban J connectivity index is 1.62. The number of amides is 1. The van der Waals surface area contributed by atoms with Gasteiger partial charge in [0.05, 0.1) is 5.60 Å². The van der Waals surface area contributed by atoms with Crippen molar-refractivity contribution >= 4 is 5.91 Å². The van der Waals surface area contributed by atoms with Crippen LogP contribution in [0.2, 0.25) is 0 Å². The van der Waals surface area contributed by atoms with E-state index >= 15 is 0 Å². The van der Waals surface area contributed by atoms with Gasteiger partial charge in [-0.25, -0.2) is 0 Å². The van der Waals surface area contributed by atoms with Gasteiger partial charge in [-0.2, -0.15) is 0 Å². The molecule has 3 nitrogen and oxygen atoms in total. The van der Waals surface area contributed by atoms with E-state index in [0.717, 1.165) is 31.2 Å². The van der Waals surface area contributed by atoms with Gasteiger partial charge >= 0.3 is 0 Å². The van der Waals surface area contributed by atoms with E-state index in [9.17, 15) is 9.90 Å². The number of benzene rings is 2. The van der Waals surface area contributed by atoms with Crippen LogP contribution < -0.4 is 5.32 Å². The molecule has 1 atom stereocenters. The van der Waals surface area contributed by atoms with Gasteiger partial charge in [-0.3, -0.25) is 4.79 Å². The average Bonchev–Trinajstić information content (AvgIpc) is 2.59. The zero-order valence-electron chi connectivity index (χ0n) is 15.1. The first-order valence-corrected chi connectivity index (χ1v) is 9.10. The minimum Gasteiger partial charge on any atom is -0.390 e. The fraction of sp³-hybridized carbons (Fsp3) is 0.409. The summed E-state index contributed by atoms with van der Waals surface area (Å²) in [6.07, 6.45) is 4.35. The van der Waals surface area contributed by atoms with E-state index in [0.29, 0.717) is 12.0 Å². The molecular formula is C22H27NO2. The Bertz CT molecular complexity index is 746. The van der Waals surface area contributed by atoms with Crippen molar-refractivity contribution in [3.05, 3.63) is 70.8 Å². The van der Waals surface area contributed by atoms with Crippen LogP contribution in [0.5, 0.6) is 0 Å². The Morgan fingerprint density at radius 2 is 1.92 bits per heavy atom. The molecule has 2 N–H and O–H groups in total. The lowest BCUT2D eigenvalue weighted by Crippen LogP contribution is -2.38. The number of carbonyl (C=O) groups is 1. The second-order valence-electron chi connectivity index (χ2n) is 7.69. The van der Waals surface area contributed by atoms with Crippen molar-refractivity contribution in [2.45, 2.75) is 57.6 Å².